The smallest absolute Gasteiger partial charge is 0.306 e. The maximum absolute atomic E-state index is 11.5. The van der Waals surface area contributed by atoms with Crippen LogP contribution in [0.3, 0.4) is 0 Å². The van der Waals surface area contributed by atoms with Gasteiger partial charge in [0.2, 0.25) is 0 Å². The summed E-state index contributed by atoms with van der Waals surface area (Å²) in [6, 6.07) is 20.1. The first-order valence-corrected chi connectivity index (χ1v) is 18.2. The molecule has 11 heteroatoms. The van der Waals surface area contributed by atoms with Crippen LogP contribution >= 0.6 is 23.2 Å². The number of hydrogen-bond donors (Lipinski definition) is 3. The van der Waals surface area contributed by atoms with E-state index < -0.39 is 18.2 Å². The van der Waals surface area contributed by atoms with Crippen molar-refractivity contribution in [3.63, 3.8) is 0 Å². The van der Waals surface area contributed by atoms with Crippen LogP contribution in [-0.2, 0) is 35.5 Å². The first kappa shape index (κ1) is 37.8. The summed E-state index contributed by atoms with van der Waals surface area (Å²) < 4.78 is 11.7. The van der Waals surface area contributed by atoms with E-state index in [2.05, 4.69) is 21.9 Å². The highest BCUT2D eigenvalue weighted by Crippen LogP contribution is 2.45. The van der Waals surface area contributed by atoms with Crippen LogP contribution in [0.4, 0.5) is 0 Å². The van der Waals surface area contributed by atoms with Crippen molar-refractivity contribution in [2.24, 2.45) is 0 Å². The molecule has 0 unspecified atom stereocenters. The average molecular weight is 748 g/mol. The summed E-state index contributed by atoms with van der Waals surface area (Å²) >= 11 is 14.5. The number of carbonyl (C=O) groups excluding carboxylic acids is 1. The molecule has 0 radical (unpaired) electrons. The highest BCUT2D eigenvalue weighted by Gasteiger charge is 2.26. The van der Waals surface area contributed by atoms with Crippen molar-refractivity contribution < 1.29 is 34.4 Å². The second-order valence-electron chi connectivity index (χ2n) is 13.7. The summed E-state index contributed by atoms with van der Waals surface area (Å²) in [4.78, 5) is 26.8. The van der Waals surface area contributed by atoms with Crippen molar-refractivity contribution in [1.82, 2.24) is 9.80 Å². The summed E-state index contributed by atoms with van der Waals surface area (Å²) in [5, 5.41) is 30.8. The lowest BCUT2D eigenvalue weighted by Gasteiger charge is -2.31. The predicted octanol–water partition coefficient (Wildman–Crippen LogP) is 6.90. The Balaban J connectivity index is 1.28. The number of fused-ring (bicyclic) bond motifs is 2. The van der Waals surface area contributed by atoms with E-state index in [0.717, 1.165) is 74.3 Å². The number of nitrogens with zero attached hydrogens (tertiary/aromatic N) is 2. The summed E-state index contributed by atoms with van der Waals surface area (Å²) in [5.74, 6) is 0.414. The molecule has 4 aromatic carbocycles. The minimum atomic E-state index is -1.02. The lowest BCUT2D eigenvalue weighted by Crippen LogP contribution is -2.37. The molecule has 0 saturated heterocycles. The van der Waals surface area contributed by atoms with E-state index in [1.807, 2.05) is 48.5 Å². The fourth-order valence-corrected chi connectivity index (χ4v) is 8.22. The highest BCUT2D eigenvalue weighted by atomic mass is 35.5. The number of aliphatic hydroxyl groups is 2. The van der Waals surface area contributed by atoms with Crippen LogP contribution in [0.2, 0.25) is 10.0 Å². The first-order chi connectivity index (χ1) is 24.9. The van der Waals surface area contributed by atoms with Crippen molar-refractivity contribution >= 4 is 35.0 Å². The topological polar surface area (TPSA) is 120 Å². The Morgan fingerprint density at radius 2 is 1.13 bits per heavy atom. The van der Waals surface area contributed by atoms with E-state index in [1.54, 1.807) is 14.2 Å². The zero-order chi connectivity index (χ0) is 37.1. The monoisotopic (exact) mass is 746 g/mol. The molecule has 0 saturated carbocycles. The average Bonchev–Trinajstić information content (AvgIpc) is 3.10. The van der Waals surface area contributed by atoms with Gasteiger partial charge < -0.3 is 24.8 Å². The molecular weight excluding hydrogens is 703 g/mol. The second kappa shape index (κ2) is 16.4. The number of aliphatic hydroxyl groups excluding tert-OH is 2. The van der Waals surface area contributed by atoms with E-state index in [-0.39, 0.29) is 25.2 Å². The van der Waals surface area contributed by atoms with Gasteiger partial charge in [-0.1, -0.05) is 71.7 Å². The maximum Gasteiger partial charge on any atom is 0.306 e. The minimum Gasteiger partial charge on any atom is -0.496 e. The number of carboxylic acids is 1. The number of halogens is 2. The molecule has 4 aromatic rings. The summed E-state index contributed by atoms with van der Waals surface area (Å²) in [7, 11) is 3.29. The number of carboxylic acid groups (broad SMARTS) is 1. The van der Waals surface area contributed by atoms with E-state index >= 15 is 0 Å². The zero-order valence-corrected chi connectivity index (χ0v) is 31.1. The molecule has 6 rings (SSSR count). The molecule has 3 N–H and O–H groups in total. The zero-order valence-electron chi connectivity index (χ0n) is 29.6. The van der Waals surface area contributed by atoms with Gasteiger partial charge in [0.05, 0.1) is 42.9 Å². The molecule has 274 valence electrons. The van der Waals surface area contributed by atoms with E-state index in [1.165, 1.54) is 6.92 Å². The third-order valence-electron chi connectivity index (χ3n) is 9.98. The molecule has 9 nitrogen and oxygen atoms in total. The van der Waals surface area contributed by atoms with Crippen LogP contribution < -0.4 is 9.47 Å². The highest BCUT2D eigenvalue weighted by molar-refractivity contribution is 6.39. The second-order valence-corrected chi connectivity index (χ2v) is 14.5. The summed E-state index contributed by atoms with van der Waals surface area (Å²) in [5.41, 5.74) is 9.51. The lowest BCUT2D eigenvalue weighted by atomic mass is 9.90. The Bertz CT molecular complexity index is 1810. The first-order valence-electron chi connectivity index (χ1n) is 17.5. The van der Waals surface area contributed by atoms with Crippen LogP contribution in [0.15, 0.2) is 60.7 Å². The van der Waals surface area contributed by atoms with Gasteiger partial charge in [-0.05, 0) is 54.2 Å². The van der Waals surface area contributed by atoms with Gasteiger partial charge in [-0.3, -0.25) is 19.4 Å². The molecule has 0 aromatic heterocycles. The van der Waals surface area contributed by atoms with Gasteiger partial charge in [-0.2, -0.15) is 0 Å². The molecule has 2 atom stereocenters. The van der Waals surface area contributed by atoms with Crippen LogP contribution in [0.25, 0.3) is 33.4 Å². The number of aliphatic carboxylic acids is 1. The standard InChI is InChI=1S/C41H44Cl2N2O7/c1-24(46)14-29(47)20-44-12-10-25-15-27(17-37(51-2)35(25)22-44)31-6-4-8-33(40(31)42)34-9-5-7-32(41(34)43)28-16-26-11-13-45(21-30(48)19-39(49)50)23-36(26)38(18-28)52-3/h4-9,15-18,29-30,47-48H,10-14,19-23H2,1-3H3,(H,49,50)/t29-,30-/m0/s1. The Labute approximate surface area is 314 Å². The van der Waals surface area contributed by atoms with E-state index in [0.29, 0.717) is 48.4 Å². The van der Waals surface area contributed by atoms with Gasteiger partial charge in [0.1, 0.15) is 17.3 Å². The largest absolute Gasteiger partial charge is 0.496 e. The predicted molar refractivity (Wildman–Crippen MR) is 203 cm³/mol. The van der Waals surface area contributed by atoms with Crippen LogP contribution in [0.1, 0.15) is 42.0 Å². The molecule has 2 heterocycles. The van der Waals surface area contributed by atoms with Gasteiger partial charge >= 0.3 is 5.97 Å². The van der Waals surface area contributed by atoms with Crippen molar-refractivity contribution in [2.45, 2.75) is 57.9 Å². The number of ether oxygens (including phenoxy) is 2. The molecule has 0 fully saturated rings. The number of methoxy groups -OCH3 is 2. The summed E-state index contributed by atoms with van der Waals surface area (Å²) in [6.07, 6.45) is -0.301. The van der Waals surface area contributed by atoms with Gasteiger partial charge in [0.15, 0.2) is 0 Å². The van der Waals surface area contributed by atoms with Crippen molar-refractivity contribution in [1.29, 1.82) is 0 Å². The number of β-amino-alcohol motifs (C(OH)–C–C–N with tert-alkyl or cyclic N) is 2. The summed E-state index contributed by atoms with van der Waals surface area (Å²) in [6.45, 7) is 4.79. The van der Waals surface area contributed by atoms with Crippen LogP contribution in [0, 0.1) is 0 Å². The number of ketones is 1. The third-order valence-corrected chi connectivity index (χ3v) is 10.8. The van der Waals surface area contributed by atoms with E-state index in [9.17, 15) is 19.8 Å². The van der Waals surface area contributed by atoms with Gasteiger partial charge in [0, 0.05) is 79.1 Å². The molecule has 0 aliphatic carbocycles. The number of rotatable bonds is 13. The van der Waals surface area contributed by atoms with Gasteiger partial charge in [0.25, 0.3) is 0 Å². The van der Waals surface area contributed by atoms with Gasteiger partial charge in [-0.15, -0.1) is 0 Å². The lowest BCUT2D eigenvalue weighted by molar-refractivity contribution is -0.139. The Morgan fingerprint density at radius 3 is 1.54 bits per heavy atom. The Morgan fingerprint density at radius 1 is 0.712 bits per heavy atom. The van der Waals surface area contributed by atoms with Crippen molar-refractivity contribution in [3.05, 3.63) is 93.0 Å². The normalized spacial score (nSPS) is 15.8. The van der Waals surface area contributed by atoms with Crippen molar-refractivity contribution in [3.8, 4) is 44.9 Å². The number of carbonyl (C=O) groups is 2. The molecule has 2 aliphatic heterocycles. The minimum absolute atomic E-state index is 0.0265. The fraction of sp³-hybridized carbons (Fsp3) is 0.366. The SMILES string of the molecule is COc1cc(-c2cccc(-c3cccc(-c4cc5c(c(OC)c4)CN(C[C@@H](O)CC(=O)O)CC5)c3Cl)c2Cl)cc2c1CN(C[C@@H](O)CC(C)=O)CC2. The van der Waals surface area contributed by atoms with E-state index in [4.69, 9.17) is 37.8 Å². The Hall–Kier alpha value is -3.96. The molecule has 0 spiro atoms. The molecule has 0 amide bonds. The maximum atomic E-state index is 11.5. The van der Waals surface area contributed by atoms with Gasteiger partial charge in [-0.25, -0.2) is 0 Å². The quantitative estimate of drug-likeness (QED) is 0.134. The van der Waals surface area contributed by atoms with Crippen LogP contribution in [-0.4, -0.2) is 89.5 Å². The number of hydrogen-bond acceptors (Lipinski definition) is 8. The molecule has 52 heavy (non-hydrogen) atoms. The number of benzene rings is 4. The fourth-order valence-electron chi connectivity index (χ4n) is 7.55. The molecular formula is C41H44Cl2N2O7. The third kappa shape index (κ3) is 8.31. The Kier molecular flexibility index (Phi) is 11.9. The van der Waals surface area contributed by atoms with Crippen LogP contribution in [0.5, 0.6) is 11.5 Å². The number of Topliss-reactive ketones (excluding diaryl/α,β-unsaturated/α-hetero) is 1. The molecule has 0 bridgehead atoms. The molecule has 2 aliphatic rings. The van der Waals surface area contributed by atoms with Crippen molar-refractivity contribution in [2.75, 3.05) is 40.4 Å².